The molecular formula is C13H16O2. The fourth-order valence-electron chi connectivity index (χ4n) is 1.28. The number of ether oxygens (including phenoxy) is 1. The molecule has 0 amide bonds. The van der Waals surface area contributed by atoms with E-state index >= 15 is 0 Å². The summed E-state index contributed by atoms with van der Waals surface area (Å²) >= 11 is 0. The lowest BCUT2D eigenvalue weighted by atomic mass is 10.2. The summed E-state index contributed by atoms with van der Waals surface area (Å²) in [5.74, 6) is 0. The number of hydrogen-bond donors (Lipinski definition) is 0. The van der Waals surface area contributed by atoms with Gasteiger partial charge in [0.25, 0.3) is 6.47 Å². The Morgan fingerprint density at radius 2 is 1.93 bits per heavy atom. The molecule has 15 heavy (non-hydrogen) atoms. The predicted octanol–water partition coefficient (Wildman–Crippen LogP) is 3.04. The molecule has 1 aromatic rings. The smallest absolute Gasteiger partial charge is 0.293 e. The fraction of sp³-hybridized carbons (Fsp3) is 0.308. The average molecular weight is 204 g/mol. The van der Waals surface area contributed by atoms with Crippen LogP contribution >= 0.6 is 0 Å². The third-order valence-electron chi connectivity index (χ3n) is 2.06. The van der Waals surface area contributed by atoms with Crippen molar-refractivity contribution in [2.75, 3.05) is 6.61 Å². The minimum absolute atomic E-state index is 0.500. The number of rotatable bonds is 7. The van der Waals surface area contributed by atoms with Gasteiger partial charge in [0.2, 0.25) is 0 Å². The first-order valence-corrected chi connectivity index (χ1v) is 5.20. The standard InChI is InChI=1S/C13H16O2/c14-12-15-11-7-2-1-4-8-13-9-5-3-6-10-13/h3-6,8-10,12H,1-2,7,11H2. The molecule has 0 bridgehead atoms. The quantitative estimate of drug-likeness (QED) is 0.504. The third-order valence-corrected chi connectivity index (χ3v) is 2.06. The Balaban J connectivity index is 2.10. The van der Waals surface area contributed by atoms with Crippen LogP contribution in [0, 0.1) is 0 Å². The van der Waals surface area contributed by atoms with Crippen molar-refractivity contribution in [3.63, 3.8) is 0 Å². The van der Waals surface area contributed by atoms with Crippen molar-refractivity contribution >= 4 is 12.5 Å². The Kier molecular flexibility index (Phi) is 5.98. The molecule has 0 aliphatic carbocycles. The van der Waals surface area contributed by atoms with Crippen molar-refractivity contribution in [2.24, 2.45) is 0 Å². The van der Waals surface area contributed by atoms with Gasteiger partial charge in [0, 0.05) is 0 Å². The SMILES string of the molecule is O=COCCCCC=Cc1ccccc1. The average Bonchev–Trinajstić information content (AvgIpc) is 2.29. The molecule has 0 aliphatic rings. The van der Waals surface area contributed by atoms with E-state index < -0.39 is 0 Å². The number of carbonyl (C=O) groups excluding carboxylic acids is 1. The van der Waals surface area contributed by atoms with E-state index in [-0.39, 0.29) is 0 Å². The zero-order valence-corrected chi connectivity index (χ0v) is 8.76. The van der Waals surface area contributed by atoms with Crippen molar-refractivity contribution in [1.82, 2.24) is 0 Å². The van der Waals surface area contributed by atoms with Gasteiger partial charge in [-0.2, -0.15) is 0 Å². The number of carbonyl (C=O) groups is 1. The topological polar surface area (TPSA) is 26.3 Å². The first-order valence-electron chi connectivity index (χ1n) is 5.20. The molecular weight excluding hydrogens is 188 g/mol. The zero-order valence-electron chi connectivity index (χ0n) is 8.76. The minimum Gasteiger partial charge on any atom is -0.468 e. The summed E-state index contributed by atoms with van der Waals surface area (Å²) in [5, 5.41) is 0. The third kappa shape index (κ3) is 5.68. The molecule has 2 heteroatoms. The highest BCUT2D eigenvalue weighted by Gasteiger charge is 1.86. The van der Waals surface area contributed by atoms with E-state index in [9.17, 15) is 4.79 Å². The molecule has 1 aromatic carbocycles. The van der Waals surface area contributed by atoms with E-state index in [0.29, 0.717) is 13.1 Å². The molecule has 0 fully saturated rings. The second-order valence-electron chi connectivity index (χ2n) is 3.28. The van der Waals surface area contributed by atoms with Crippen LogP contribution in [0.5, 0.6) is 0 Å². The van der Waals surface area contributed by atoms with Gasteiger partial charge in [0.1, 0.15) is 0 Å². The Morgan fingerprint density at radius 3 is 2.67 bits per heavy atom. The molecule has 0 saturated heterocycles. The van der Waals surface area contributed by atoms with E-state index in [4.69, 9.17) is 0 Å². The molecule has 0 unspecified atom stereocenters. The molecule has 0 aliphatic heterocycles. The zero-order chi connectivity index (χ0) is 10.8. The van der Waals surface area contributed by atoms with Gasteiger partial charge < -0.3 is 4.74 Å². The van der Waals surface area contributed by atoms with Gasteiger partial charge in [0.15, 0.2) is 0 Å². The van der Waals surface area contributed by atoms with E-state index in [1.807, 2.05) is 18.2 Å². The van der Waals surface area contributed by atoms with Crippen LogP contribution in [0.2, 0.25) is 0 Å². The van der Waals surface area contributed by atoms with Crippen molar-refractivity contribution in [1.29, 1.82) is 0 Å². The first-order chi connectivity index (χ1) is 7.43. The summed E-state index contributed by atoms with van der Waals surface area (Å²) in [6, 6.07) is 10.2. The van der Waals surface area contributed by atoms with Gasteiger partial charge in [0.05, 0.1) is 6.61 Å². The molecule has 2 nitrogen and oxygen atoms in total. The largest absolute Gasteiger partial charge is 0.468 e. The monoisotopic (exact) mass is 204 g/mol. The van der Waals surface area contributed by atoms with Gasteiger partial charge in [-0.05, 0) is 24.8 Å². The maximum atomic E-state index is 9.84. The summed E-state index contributed by atoms with van der Waals surface area (Å²) in [6.45, 7) is 1.03. The second-order valence-corrected chi connectivity index (χ2v) is 3.28. The summed E-state index contributed by atoms with van der Waals surface area (Å²) in [4.78, 5) is 9.84. The highest BCUT2D eigenvalue weighted by Crippen LogP contribution is 2.04. The van der Waals surface area contributed by atoms with Crippen LogP contribution in [0.15, 0.2) is 36.4 Å². The van der Waals surface area contributed by atoms with E-state index in [2.05, 4.69) is 29.0 Å². The van der Waals surface area contributed by atoms with Crippen molar-refractivity contribution in [3.8, 4) is 0 Å². The highest BCUT2D eigenvalue weighted by molar-refractivity contribution is 5.48. The lowest BCUT2D eigenvalue weighted by molar-refractivity contribution is -0.128. The summed E-state index contributed by atoms with van der Waals surface area (Å²) < 4.78 is 4.59. The molecule has 0 spiro atoms. The van der Waals surface area contributed by atoms with Gasteiger partial charge in [-0.15, -0.1) is 0 Å². The lowest BCUT2D eigenvalue weighted by Crippen LogP contribution is -1.90. The van der Waals surface area contributed by atoms with Gasteiger partial charge in [-0.25, -0.2) is 0 Å². The Morgan fingerprint density at radius 1 is 1.13 bits per heavy atom. The molecule has 0 radical (unpaired) electrons. The van der Waals surface area contributed by atoms with Gasteiger partial charge >= 0.3 is 0 Å². The van der Waals surface area contributed by atoms with Crippen LogP contribution < -0.4 is 0 Å². The van der Waals surface area contributed by atoms with Crippen LogP contribution in [-0.4, -0.2) is 13.1 Å². The van der Waals surface area contributed by atoms with E-state index in [0.717, 1.165) is 19.3 Å². The summed E-state index contributed by atoms with van der Waals surface area (Å²) in [5.41, 5.74) is 1.22. The predicted molar refractivity (Wildman–Crippen MR) is 61.3 cm³/mol. The Labute approximate surface area is 90.6 Å². The van der Waals surface area contributed by atoms with E-state index in [1.54, 1.807) is 0 Å². The number of benzene rings is 1. The van der Waals surface area contributed by atoms with Crippen LogP contribution in [0.25, 0.3) is 6.08 Å². The minimum atomic E-state index is 0.500. The van der Waals surface area contributed by atoms with Crippen LogP contribution in [0.4, 0.5) is 0 Å². The summed E-state index contributed by atoms with van der Waals surface area (Å²) in [7, 11) is 0. The molecule has 0 heterocycles. The maximum Gasteiger partial charge on any atom is 0.293 e. The number of unbranched alkanes of at least 4 members (excludes halogenated alkanes) is 2. The first kappa shape index (κ1) is 11.5. The van der Waals surface area contributed by atoms with E-state index in [1.165, 1.54) is 5.56 Å². The molecule has 0 atom stereocenters. The lowest BCUT2D eigenvalue weighted by Gasteiger charge is -1.96. The van der Waals surface area contributed by atoms with Gasteiger partial charge in [-0.1, -0.05) is 42.5 Å². The van der Waals surface area contributed by atoms with Crippen molar-refractivity contribution < 1.29 is 9.53 Å². The van der Waals surface area contributed by atoms with Gasteiger partial charge in [-0.3, -0.25) is 4.79 Å². The molecule has 0 aromatic heterocycles. The molecule has 80 valence electrons. The highest BCUT2D eigenvalue weighted by atomic mass is 16.5. The Bertz CT molecular complexity index is 291. The van der Waals surface area contributed by atoms with Crippen LogP contribution in [0.1, 0.15) is 24.8 Å². The Hall–Kier alpha value is -1.57. The number of hydrogen-bond acceptors (Lipinski definition) is 2. The number of allylic oxidation sites excluding steroid dienone is 1. The van der Waals surface area contributed by atoms with Crippen molar-refractivity contribution in [3.05, 3.63) is 42.0 Å². The maximum absolute atomic E-state index is 9.84. The van der Waals surface area contributed by atoms with Crippen molar-refractivity contribution in [2.45, 2.75) is 19.3 Å². The molecule has 0 saturated carbocycles. The summed E-state index contributed by atoms with van der Waals surface area (Å²) in [6.07, 6.45) is 7.27. The molecule has 0 N–H and O–H groups in total. The van der Waals surface area contributed by atoms with Crippen LogP contribution in [0.3, 0.4) is 0 Å². The van der Waals surface area contributed by atoms with Crippen LogP contribution in [-0.2, 0) is 9.53 Å². The normalized spacial score (nSPS) is 10.4. The second kappa shape index (κ2) is 7.80. The molecule has 1 rings (SSSR count). The fourth-order valence-corrected chi connectivity index (χ4v) is 1.28.